The predicted molar refractivity (Wildman–Crippen MR) is 63.6 cm³/mol. The molecule has 6 heteroatoms. The minimum absolute atomic E-state index is 0.196. The van der Waals surface area contributed by atoms with Gasteiger partial charge in [-0.2, -0.15) is 0 Å². The van der Waals surface area contributed by atoms with Crippen molar-refractivity contribution < 1.29 is 0 Å². The van der Waals surface area contributed by atoms with Gasteiger partial charge in [0.1, 0.15) is 0 Å². The summed E-state index contributed by atoms with van der Waals surface area (Å²) in [5, 5.41) is 1.02. The average Bonchev–Trinajstić information content (AvgIpc) is 2.08. The van der Waals surface area contributed by atoms with Crippen LogP contribution >= 0.6 is 69.0 Å². The molecule has 1 aromatic rings. The maximum Gasteiger partial charge on any atom is 0.0848 e. The summed E-state index contributed by atoms with van der Waals surface area (Å²) in [5.74, 6) is 0. The first-order chi connectivity index (χ1) is 5.46. The Kier molecular flexibility index (Phi) is 3.63. The van der Waals surface area contributed by atoms with Crippen molar-refractivity contribution in [1.82, 2.24) is 0 Å². The molecule has 0 bridgehead atoms. The summed E-state index contributed by atoms with van der Waals surface area (Å²) >= 11 is 25.0. The summed E-state index contributed by atoms with van der Waals surface area (Å²) in [4.78, 5) is 0. The van der Waals surface area contributed by atoms with Crippen LogP contribution in [0.5, 0.6) is 0 Å². The monoisotopic (exact) mass is 355 g/mol. The lowest BCUT2D eigenvalue weighted by Gasteiger charge is -2.07. The molecule has 0 aromatic heterocycles. The van der Waals surface area contributed by atoms with Crippen LogP contribution in [0, 0.1) is 3.57 Å². The summed E-state index contributed by atoms with van der Waals surface area (Å²) < 4.78 is 0.619. The molecule has 1 rings (SSSR count). The zero-order valence-corrected chi connectivity index (χ0v) is 10.6. The van der Waals surface area contributed by atoms with Crippen molar-refractivity contribution in [2.75, 3.05) is 5.73 Å². The molecule has 0 saturated carbocycles. The van der Waals surface area contributed by atoms with E-state index in [-0.39, 0.29) is 15.1 Å². The molecule has 1 nitrogen and oxygen atoms in total. The van der Waals surface area contributed by atoms with Crippen molar-refractivity contribution in [3.05, 3.63) is 23.7 Å². The number of anilines is 1. The SMILES string of the molecule is Nc1c(Cl)c(Cl)c(Cl)c(Cl)c1I. The number of halogens is 5. The zero-order valence-electron chi connectivity index (χ0n) is 5.47. The number of nitrogens with two attached hydrogens (primary N) is 1. The lowest BCUT2D eigenvalue weighted by molar-refractivity contribution is 1.62. The molecule has 0 atom stereocenters. The highest BCUT2D eigenvalue weighted by Gasteiger charge is 2.16. The van der Waals surface area contributed by atoms with Crippen LogP contribution in [-0.4, -0.2) is 0 Å². The fraction of sp³-hybridized carbons (Fsp3) is 0. The third kappa shape index (κ3) is 1.73. The van der Waals surface area contributed by atoms with Crippen molar-refractivity contribution >= 4 is 74.7 Å². The van der Waals surface area contributed by atoms with Crippen LogP contribution in [0.4, 0.5) is 5.69 Å². The topological polar surface area (TPSA) is 26.0 Å². The highest BCUT2D eigenvalue weighted by atomic mass is 127. The largest absolute Gasteiger partial charge is 0.397 e. The molecule has 0 heterocycles. The Hall–Kier alpha value is 0.910. The fourth-order valence-corrected chi connectivity index (χ4v) is 2.35. The molecule has 0 amide bonds. The van der Waals surface area contributed by atoms with Crippen LogP contribution in [0.3, 0.4) is 0 Å². The van der Waals surface area contributed by atoms with Crippen LogP contribution in [-0.2, 0) is 0 Å². The van der Waals surface area contributed by atoms with Gasteiger partial charge in [0.05, 0.1) is 29.3 Å². The van der Waals surface area contributed by atoms with E-state index in [0.29, 0.717) is 14.3 Å². The molecule has 0 radical (unpaired) electrons. The number of nitrogen functional groups attached to an aromatic ring is 1. The van der Waals surface area contributed by atoms with Crippen molar-refractivity contribution in [1.29, 1.82) is 0 Å². The van der Waals surface area contributed by atoms with Crippen LogP contribution in [0.2, 0.25) is 20.1 Å². The molecule has 0 fully saturated rings. The smallest absolute Gasteiger partial charge is 0.0848 e. The summed E-state index contributed by atoms with van der Waals surface area (Å²) in [6.45, 7) is 0. The Morgan fingerprint density at radius 1 is 0.833 bits per heavy atom. The first kappa shape index (κ1) is 11.0. The third-order valence-corrected chi connectivity index (χ3v) is 4.50. The van der Waals surface area contributed by atoms with Gasteiger partial charge in [-0.1, -0.05) is 46.4 Å². The summed E-state index contributed by atoms with van der Waals surface area (Å²) in [7, 11) is 0. The van der Waals surface area contributed by atoms with Crippen molar-refractivity contribution in [2.24, 2.45) is 0 Å². The van der Waals surface area contributed by atoms with E-state index in [4.69, 9.17) is 52.1 Å². The average molecular weight is 357 g/mol. The van der Waals surface area contributed by atoms with Gasteiger partial charge in [-0.25, -0.2) is 0 Å². The molecule has 0 aliphatic heterocycles. The van der Waals surface area contributed by atoms with Gasteiger partial charge in [0.15, 0.2) is 0 Å². The van der Waals surface area contributed by atoms with Crippen LogP contribution in [0.1, 0.15) is 0 Å². The zero-order chi connectivity index (χ0) is 9.46. The van der Waals surface area contributed by atoms with Gasteiger partial charge >= 0.3 is 0 Å². The van der Waals surface area contributed by atoms with Gasteiger partial charge in [-0.3, -0.25) is 0 Å². The van der Waals surface area contributed by atoms with Crippen molar-refractivity contribution in [3.8, 4) is 0 Å². The van der Waals surface area contributed by atoms with Crippen LogP contribution in [0.15, 0.2) is 0 Å². The van der Waals surface area contributed by atoms with Gasteiger partial charge in [0, 0.05) is 0 Å². The van der Waals surface area contributed by atoms with E-state index in [0.717, 1.165) is 0 Å². The van der Waals surface area contributed by atoms with E-state index in [1.807, 2.05) is 22.6 Å². The Balaban J connectivity index is 3.60. The predicted octanol–water partition coefficient (Wildman–Crippen LogP) is 4.49. The second-order valence-corrected chi connectivity index (χ2v) is 4.57. The molecule has 66 valence electrons. The van der Waals surface area contributed by atoms with E-state index in [1.165, 1.54) is 0 Å². The summed E-state index contributed by atoms with van der Waals surface area (Å²) in [6, 6.07) is 0. The Labute approximate surface area is 103 Å². The van der Waals surface area contributed by atoms with Gasteiger partial charge in [-0.05, 0) is 22.6 Å². The Morgan fingerprint density at radius 3 is 1.75 bits per heavy atom. The molecule has 0 unspecified atom stereocenters. The summed E-state index contributed by atoms with van der Waals surface area (Å²) in [6.07, 6.45) is 0. The minimum atomic E-state index is 0.196. The first-order valence-corrected chi connectivity index (χ1v) is 5.32. The maximum absolute atomic E-state index is 5.80. The molecule has 1 aromatic carbocycles. The van der Waals surface area contributed by atoms with E-state index in [2.05, 4.69) is 0 Å². The minimum Gasteiger partial charge on any atom is -0.397 e. The number of benzene rings is 1. The van der Waals surface area contributed by atoms with Crippen LogP contribution in [0.25, 0.3) is 0 Å². The highest BCUT2D eigenvalue weighted by Crippen LogP contribution is 2.43. The fourth-order valence-electron chi connectivity index (χ4n) is 0.622. The second kappa shape index (κ2) is 3.96. The molecule has 0 saturated heterocycles. The van der Waals surface area contributed by atoms with Gasteiger partial charge in [-0.15, -0.1) is 0 Å². The third-order valence-electron chi connectivity index (χ3n) is 1.24. The molecular weight excluding hydrogens is 355 g/mol. The van der Waals surface area contributed by atoms with E-state index < -0.39 is 0 Å². The molecule has 12 heavy (non-hydrogen) atoms. The molecule has 0 aliphatic rings. The van der Waals surface area contributed by atoms with Gasteiger partial charge < -0.3 is 5.73 Å². The van der Waals surface area contributed by atoms with Crippen LogP contribution < -0.4 is 5.73 Å². The molecule has 0 spiro atoms. The quantitative estimate of drug-likeness (QED) is 0.315. The second-order valence-electron chi connectivity index (χ2n) is 1.98. The first-order valence-electron chi connectivity index (χ1n) is 2.73. The Morgan fingerprint density at radius 2 is 1.25 bits per heavy atom. The van der Waals surface area contributed by atoms with E-state index >= 15 is 0 Å². The molecular formula is C6H2Cl4IN. The standard InChI is InChI=1S/C6H2Cl4IN/c7-1-2(8)4(10)6(12)5(11)3(1)9/h12H2. The van der Waals surface area contributed by atoms with E-state index in [1.54, 1.807) is 0 Å². The normalized spacial score (nSPS) is 10.4. The van der Waals surface area contributed by atoms with Crippen molar-refractivity contribution in [3.63, 3.8) is 0 Å². The highest BCUT2D eigenvalue weighted by molar-refractivity contribution is 14.1. The number of hydrogen-bond acceptors (Lipinski definition) is 1. The molecule has 0 aliphatic carbocycles. The lowest BCUT2D eigenvalue weighted by Crippen LogP contribution is -1.93. The van der Waals surface area contributed by atoms with E-state index in [9.17, 15) is 0 Å². The van der Waals surface area contributed by atoms with Gasteiger partial charge in [0.2, 0.25) is 0 Å². The van der Waals surface area contributed by atoms with Gasteiger partial charge in [0.25, 0.3) is 0 Å². The maximum atomic E-state index is 5.80. The summed E-state index contributed by atoms with van der Waals surface area (Å²) in [5.41, 5.74) is 5.94. The number of rotatable bonds is 0. The Bertz CT molecular complexity index is 234. The van der Waals surface area contributed by atoms with Crippen molar-refractivity contribution in [2.45, 2.75) is 0 Å². The lowest BCUT2D eigenvalue weighted by atomic mass is 10.3. The molecule has 2 N–H and O–H groups in total. The number of hydrogen-bond donors (Lipinski definition) is 1.